The topological polar surface area (TPSA) is 93.2 Å². The second-order valence-electron chi connectivity index (χ2n) is 4.48. The van der Waals surface area contributed by atoms with Crippen LogP contribution in [0.4, 0.5) is 17.1 Å². The second-order valence-corrected chi connectivity index (χ2v) is 4.48. The van der Waals surface area contributed by atoms with Crippen LogP contribution in [0, 0.1) is 10.1 Å². The molecular weight excluding hydrogens is 208 g/mol. The second kappa shape index (κ2) is 4.36. The molecule has 0 heterocycles. The van der Waals surface area contributed by atoms with Crippen LogP contribution in [0.25, 0.3) is 0 Å². The number of hydrogen-bond acceptors (Lipinski definition) is 5. The fraction of sp³-hybridized carbons (Fsp3) is 0.400. The summed E-state index contributed by atoms with van der Waals surface area (Å²) >= 11 is 0. The van der Waals surface area contributed by atoms with Gasteiger partial charge in [-0.1, -0.05) is 6.07 Å². The highest BCUT2D eigenvalue weighted by Gasteiger charge is 2.22. The molecule has 0 saturated heterocycles. The van der Waals surface area contributed by atoms with E-state index in [1.165, 1.54) is 0 Å². The van der Waals surface area contributed by atoms with E-state index < -0.39 is 4.92 Å². The summed E-state index contributed by atoms with van der Waals surface area (Å²) in [6.07, 6.45) is 0. The number of nitrogens with two attached hydrogens (primary N) is 1. The van der Waals surface area contributed by atoms with Crippen LogP contribution < -0.4 is 16.6 Å². The average molecular weight is 224 g/mol. The third-order valence-corrected chi connectivity index (χ3v) is 1.88. The van der Waals surface area contributed by atoms with Crippen LogP contribution in [0.5, 0.6) is 0 Å². The van der Waals surface area contributed by atoms with Crippen molar-refractivity contribution in [1.82, 2.24) is 0 Å². The molecule has 0 aliphatic heterocycles. The summed E-state index contributed by atoms with van der Waals surface area (Å²) in [6, 6.07) is 4.92. The summed E-state index contributed by atoms with van der Waals surface area (Å²) in [5.41, 5.74) is 2.77. The van der Waals surface area contributed by atoms with E-state index in [0.717, 1.165) is 0 Å². The third-order valence-electron chi connectivity index (χ3n) is 1.88. The van der Waals surface area contributed by atoms with Crippen LogP contribution in [0.3, 0.4) is 0 Å². The van der Waals surface area contributed by atoms with Crippen LogP contribution in [0.15, 0.2) is 18.2 Å². The number of nitro groups is 1. The molecule has 0 unspecified atom stereocenters. The Balaban J connectivity index is 3.22. The molecule has 0 aromatic heterocycles. The highest BCUT2D eigenvalue weighted by molar-refractivity contribution is 5.76. The SMILES string of the molecule is CC(C)(C)Nc1cccc(NN)c1[N+](=O)[O-]. The summed E-state index contributed by atoms with van der Waals surface area (Å²) in [6.45, 7) is 5.79. The van der Waals surface area contributed by atoms with Gasteiger partial charge < -0.3 is 10.7 Å². The van der Waals surface area contributed by atoms with Crippen molar-refractivity contribution < 1.29 is 4.92 Å². The molecule has 1 rings (SSSR count). The largest absolute Gasteiger partial charge is 0.375 e. The van der Waals surface area contributed by atoms with Crippen LogP contribution >= 0.6 is 0 Å². The van der Waals surface area contributed by atoms with Gasteiger partial charge in [0.2, 0.25) is 0 Å². The zero-order chi connectivity index (χ0) is 12.3. The van der Waals surface area contributed by atoms with E-state index in [1.54, 1.807) is 18.2 Å². The minimum atomic E-state index is -0.455. The number of hydrogen-bond donors (Lipinski definition) is 3. The fourth-order valence-electron chi connectivity index (χ4n) is 1.36. The van der Waals surface area contributed by atoms with E-state index in [0.29, 0.717) is 11.4 Å². The summed E-state index contributed by atoms with van der Waals surface area (Å²) in [7, 11) is 0. The van der Waals surface area contributed by atoms with Crippen molar-refractivity contribution in [3.63, 3.8) is 0 Å². The first-order valence-electron chi connectivity index (χ1n) is 4.87. The molecule has 0 radical (unpaired) electrons. The van der Waals surface area contributed by atoms with Crippen LogP contribution in [0.2, 0.25) is 0 Å². The third kappa shape index (κ3) is 2.83. The molecule has 16 heavy (non-hydrogen) atoms. The van der Waals surface area contributed by atoms with Crippen molar-refractivity contribution in [1.29, 1.82) is 0 Å². The normalized spacial score (nSPS) is 11.0. The van der Waals surface area contributed by atoms with Gasteiger partial charge in [-0.3, -0.25) is 16.0 Å². The highest BCUT2D eigenvalue weighted by Crippen LogP contribution is 2.33. The molecule has 4 N–H and O–H groups in total. The van der Waals surface area contributed by atoms with Crippen LogP contribution in [0.1, 0.15) is 20.8 Å². The van der Waals surface area contributed by atoms with Crippen LogP contribution in [-0.2, 0) is 0 Å². The van der Waals surface area contributed by atoms with Gasteiger partial charge in [-0.25, -0.2) is 0 Å². The van der Waals surface area contributed by atoms with Gasteiger partial charge in [-0.05, 0) is 32.9 Å². The molecule has 1 aromatic rings. The van der Waals surface area contributed by atoms with Crippen molar-refractivity contribution in [3.8, 4) is 0 Å². The molecule has 0 amide bonds. The molecule has 0 aliphatic carbocycles. The number of nitro benzene ring substituents is 1. The number of anilines is 2. The first-order chi connectivity index (χ1) is 7.35. The summed E-state index contributed by atoms with van der Waals surface area (Å²) in [5.74, 6) is 5.24. The van der Waals surface area contributed by atoms with Gasteiger partial charge in [0, 0.05) is 5.54 Å². The van der Waals surface area contributed by atoms with Crippen LogP contribution in [-0.4, -0.2) is 10.5 Å². The first kappa shape index (κ1) is 12.3. The maximum atomic E-state index is 11.0. The Bertz CT molecular complexity index is 398. The number of para-hydroxylation sites is 1. The lowest BCUT2D eigenvalue weighted by atomic mass is 10.1. The van der Waals surface area contributed by atoms with E-state index in [2.05, 4.69) is 10.7 Å². The van der Waals surface area contributed by atoms with Gasteiger partial charge in [0.15, 0.2) is 0 Å². The maximum absolute atomic E-state index is 11.0. The van der Waals surface area contributed by atoms with Gasteiger partial charge in [-0.2, -0.15) is 0 Å². The zero-order valence-corrected chi connectivity index (χ0v) is 9.57. The van der Waals surface area contributed by atoms with Crippen molar-refractivity contribution >= 4 is 17.1 Å². The Labute approximate surface area is 94.0 Å². The van der Waals surface area contributed by atoms with Gasteiger partial charge in [0.25, 0.3) is 0 Å². The number of hydrazine groups is 1. The Morgan fingerprint density at radius 1 is 1.31 bits per heavy atom. The summed E-state index contributed by atoms with van der Waals surface area (Å²) < 4.78 is 0. The lowest BCUT2D eigenvalue weighted by molar-refractivity contribution is -0.383. The molecule has 6 heteroatoms. The molecule has 0 spiro atoms. The average Bonchev–Trinajstić information content (AvgIpc) is 2.14. The number of nitrogens with zero attached hydrogens (tertiary/aromatic N) is 1. The maximum Gasteiger partial charge on any atom is 0.316 e. The Hall–Kier alpha value is -1.82. The van der Waals surface area contributed by atoms with Gasteiger partial charge >= 0.3 is 5.69 Å². The zero-order valence-electron chi connectivity index (χ0n) is 9.57. The minimum absolute atomic E-state index is 0.0417. The first-order valence-corrected chi connectivity index (χ1v) is 4.87. The lowest BCUT2D eigenvalue weighted by Crippen LogP contribution is -2.26. The molecule has 0 aliphatic rings. The molecule has 6 nitrogen and oxygen atoms in total. The molecule has 88 valence electrons. The van der Waals surface area contributed by atoms with E-state index in [4.69, 9.17) is 5.84 Å². The number of nitrogen functional groups attached to an aromatic ring is 1. The Morgan fingerprint density at radius 3 is 2.31 bits per heavy atom. The quantitative estimate of drug-likeness (QED) is 0.415. The smallest absolute Gasteiger partial charge is 0.316 e. The lowest BCUT2D eigenvalue weighted by Gasteiger charge is -2.22. The minimum Gasteiger partial charge on any atom is -0.375 e. The van der Waals surface area contributed by atoms with E-state index >= 15 is 0 Å². The molecule has 0 atom stereocenters. The van der Waals surface area contributed by atoms with E-state index in [9.17, 15) is 10.1 Å². The molecule has 0 saturated carbocycles. The number of benzene rings is 1. The fourth-order valence-corrected chi connectivity index (χ4v) is 1.36. The molecular formula is C10H16N4O2. The molecule has 0 fully saturated rings. The van der Waals surface area contributed by atoms with Gasteiger partial charge in [-0.15, -0.1) is 0 Å². The molecule has 1 aromatic carbocycles. The van der Waals surface area contributed by atoms with Crippen molar-refractivity contribution in [3.05, 3.63) is 28.3 Å². The number of rotatable bonds is 3. The van der Waals surface area contributed by atoms with Gasteiger partial charge in [0.1, 0.15) is 11.4 Å². The highest BCUT2D eigenvalue weighted by atomic mass is 16.6. The van der Waals surface area contributed by atoms with E-state index in [-0.39, 0.29) is 11.2 Å². The van der Waals surface area contributed by atoms with E-state index in [1.807, 2.05) is 20.8 Å². The Morgan fingerprint density at radius 2 is 1.88 bits per heavy atom. The standard InChI is InChI=1S/C10H16N4O2/c1-10(2,3)12-7-5-4-6-8(13-11)9(7)14(15)16/h4-6,12-13H,11H2,1-3H3. The predicted molar refractivity (Wildman–Crippen MR) is 64.3 cm³/mol. The number of nitrogens with one attached hydrogen (secondary N) is 2. The van der Waals surface area contributed by atoms with Crippen molar-refractivity contribution in [2.45, 2.75) is 26.3 Å². The summed E-state index contributed by atoms with van der Waals surface area (Å²) in [4.78, 5) is 10.5. The van der Waals surface area contributed by atoms with Crippen molar-refractivity contribution in [2.75, 3.05) is 10.7 Å². The summed E-state index contributed by atoms with van der Waals surface area (Å²) in [5, 5.41) is 14.0. The predicted octanol–water partition coefficient (Wildman–Crippen LogP) is 2.09. The molecule has 0 bridgehead atoms. The van der Waals surface area contributed by atoms with Crippen molar-refractivity contribution in [2.24, 2.45) is 5.84 Å². The monoisotopic (exact) mass is 224 g/mol. The van der Waals surface area contributed by atoms with Gasteiger partial charge in [0.05, 0.1) is 4.92 Å². The Kier molecular flexibility index (Phi) is 3.34.